The number of amides is 2. The highest BCUT2D eigenvalue weighted by Gasteiger charge is 2.10. The van der Waals surface area contributed by atoms with Crippen LogP contribution in [0, 0.1) is 0 Å². The smallest absolute Gasteiger partial charge is 0.319 e. The average molecular weight is 257 g/mol. The van der Waals surface area contributed by atoms with E-state index >= 15 is 0 Å². The van der Waals surface area contributed by atoms with Crippen molar-refractivity contribution >= 4 is 23.3 Å². The standard InChI is InChI=1S/C12H17ClN2O2/c1-8(7-9(2)16)14-12(17)15-11-6-4-3-5-10(11)13/h3-6,8-9,16H,7H2,1-2H3,(H2,14,15,17). The third kappa shape index (κ3) is 5.06. The Morgan fingerprint density at radius 1 is 1.41 bits per heavy atom. The molecule has 0 heterocycles. The molecule has 0 fully saturated rings. The number of anilines is 1. The summed E-state index contributed by atoms with van der Waals surface area (Å²) in [6, 6.07) is 6.59. The Morgan fingerprint density at radius 2 is 2.06 bits per heavy atom. The minimum absolute atomic E-state index is 0.0995. The highest BCUT2D eigenvalue weighted by Crippen LogP contribution is 2.20. The molecular weight excluding hydrogens is 240 g/mol. The maximum Gasteiger partial charge on any atom is 0.319 e. The number of carbonyl (C=O) groups excluding carboxylic acids is 1. The normalized spacial score (nSPS) is 13.9. The molecule has 4 nitrogen and oxygen atoms in total. The molecule has 0 aliphatic heterocycles. The van der Waals surface area contributed by atoms with Crippen molar-refractivity contribution in [2.24, 2.45) is 0 Å². The van der Waals surface area contributed by atoms with E-state index in [-0.39, 0.29) is 12.1 Å². The van der Waals surface area contributed by atoms with Crippen molar-refractivity contribution in [1.82, 2.24) is 5.32 Å². The number of para-hydroxylation sites is 1. The molecule has 1 rings (SSSR count). The zero-order chi connectivity index (χ0) is 12.8. The van der Waals surface area contributed by atoms with Crippen LogP contribution in [0.5, 0.6) is 0 Å². The van der Waals surface area contributed by atoms with Gasteiger partial charge in [-0.15, -0.1) is 0 Å². The average Bonchev–Trinajstić information content (AvgIpc) is 2.19. The van der Waals surface area contributed by atoms with Gasteiger partial charge in [-0.05, 0) is 32.4 Å². The van der Waals surface area contributed by atoms with Crippen molar-refractivity contribution in [3.63, 3.8) is 0 Å². The molecule has 1 aromatic rings. The molecule has 0 saturated carbocycles. The van der Waals surface area contributed by atoms with Crippen molar-refractivity contribution in [2.75, 3.05) is 5.32 Å². The summed E-state index contributed by atoms with van der Waals surface area (Å²) >= 11 is 5.91. The van der Waals surface area contributed by atoms with Crippen molar-refractivity contribution in [3.8, 4) is 0 Å². The van der Waals surface area contributed by atoms with E-state index in [4.69, 9.17) is 11.6 Å². The predicted molar refractivity (Wildman–Crippen MR) is 69.4 cm³/mol. The third-order valence-electron chi connectivity index (χ3n) is 2.19. The third-order valence-corrected chi connectivity index (χ3v) is 2.52. The minimum atomic E-state index is -0.439. The van der Waals surface area contributed by atoms with Gasteiger partial charge >= 0.3 is 6.03 Å². The molecule has 2 atom stereocenters. The lowest BCUT2D eigenvalue weighted by Gasteiger charge is -2.16. The molecule has 0 aromatic heterocycles. The zero-order valence-corrected chi connectivity index (χ0v) is 10.7. The zero-order valence-electron chi connectivity index (χ0n) is 9.90. The first-order valence-corrected chi connectivity index (χ1v) is 5.87. The molecule has 0 saturated heterocycles. The Kier molecular flexibility index (Phi) is 5.25. The number of aliphatic hydroxyl groups is 1. The van der Waals surface area contributed by atoms with Gasteiger partial charge in [0, 0.05) is 6.04 Å². The van der Waals surface area contributed by atoms with Crippen LogP contribution in [0.1, 0.15) is 20.3 Å². The molecule has 1 aromatic carbocycles. The van der Waals surface area contributed by atoms with Crippen LogP contribution in [0.3, 0.4) is 0 Å². The minimum Gasteiger partial charge on any atom is -0.393 e. The van der Waals surface area contributed by atoms with Gasteiger partial charge in [-0.2, -0.15) is 0 Å². The van der Waals surface area contributed by atoms with Gasteiger partial charge in [0.15, 0.2) is 0 Å². The fraction of sp³-hybridized carbons (Fsp3) is 0.417. The van der Waals surface area contributed by atoms with Crippen LogP contribution in [0.15, 0.2) is 24.3 Å². The molecule has 2 amide bonds. The second kappa shape index (κ2) is 6.47. The molecule has 2 unspecified atom stereocenters. The lowest BCUT2D eigenvalue weighted by Crippen LogP contribution is -2.37. The molecule has 0 radical (unpaired) electrons. The first kappa shape index (κ1) is 13.8. The number of hydrogen-bond acceptors (Lipinski definition) is 2. The molecule has 0 aliphatic rings. The van der Waals surface area contributed by atoms with Crippen LogP contribution in [-0.2, 0) is 0 Å². The number of nitrogens with one attached hydrogen (secondary N) is 2. The Balaban J connectivity index is 2.47. The fourth-order valence-electron chi connectivity index (χ4n) is 1.52. The van der Waals surface area contributed by atoms with E-state index in [9.17, 15) is 9.90 Å². The van der Waals surface area contributed by atoms with Crippen LogP contribution >= 0.6 is 11.6 Å². The van der Waals surface area contributed by atoms with Crippen molar-refractivity contribution in [1.29, 1.82) is 0 Å². The first-order valence-electron chi connectivity index (χ1n) is 5.49. The number of halogens is 1. The van der Waals surface area contributed by atoms with Gasteiger partial charge in [-0.1, -0.05) is 23.7 Å². The molecule has 5 heteroatoms. The summed E-state index contributed by atoms with van der Waals surface area (Å²) in [6.07, 6.45) is 0.0706. The SMILES string of the molecule is CC(O)CC(C)NC(=O)Nc1ccccc1Cl. The Hall–Kier alpha value is -1.26. The van der Waals surface area contributed by atoms with E-state index in [2.05, 4.69) is 10.6 Å². The van der Waals surface area contributed by atoms with Gasteiger partial charge < -0.3 is 15.7 Å². The fourth-order valence-corrected chi connectivity index (χ4v) is 1.70. The van der Waals surface area contributed by atoms with Crippen LogP contribution in [0.25, 0.3) is 0 Å². The summed E-state index contributed by atoms with van der Waals surface area (Å²) in [7, 11) is 0. The summed E-state index contributed by atoms with van der Waals surface area (Å²) in [5.74, 6) is 0. The summed E-state index contributed by atoms with van der Waals surface area (Å²) in [4.78, 5) is 11.6. The first-order chi connectivity index (χ1) is 7.99. The lowest BCUT2D eigenvalue weighted by atomic mass is 10.2. The summed E-state index contributed by atoms with van der Waals surface area (Å²) in [5.41, 5.74) is 0.566. The van der Waals surface area contributed by atoms with E-state index in [1.165, 1.54) is 0 Å². The summed E-state index contributed by atoms with van der Waals surface area (Å²) in [6.45, 7) is 3.52. The molecule has 17 heavy (non-hydrogen) atoms. The van der Waals surface area contributed by atoms with Crippen molar-refractivity contribution in [3.05, 3.63) is 29.3 Å². The predicted octanol–water partition coefficient (Wildman–Crippen LogP) is 2.62. The van der Waals surface area contributed by atoms with Crippen molar-refractivity contribution in [2.45, 2.75) is 32.4 Å². The number of rotatable bonds is 4. The Labute approximate surface area is 106 Å². The van der Waals surface area contributed by atoms with Gasteiger partial charge in [0.05, 0.1) is 16.8 Å². The maximum absolute atomic E-state index is 11.6. The summed E-state index contributed by atoms with van der Waals surface area (Å²) < 4.78 is 0. The van der Waals surface area contributed by atoms with E-state index in [0.29, 0.717) is 17.1 Å². The Bertz CT molecular complexity index is 383. The monoisotopic (exact) mass is 256 g/mol. The second-order valence-corrected chi connectivity index (χ2v) is 4.47. The topological polar surface area (TPSA) is 61.4 Å². The van der Waals surface area contributed by atoms with Crippen LogP contribution < -0.4 is 10.6 Å². The van der Waals surface area contributed by atoms with Gasteiger partial charge in [-0.25, -0.2) is 4.79 Å². The number of carbonyl (C=O) groups is 1. The van der Waals surface area contributed by atoms with Crippen molar-refractivity contribution < 1.29 is 9.90 Å². The Morgan fingerprint density at radius 3 is 2.65 bits per heavy atom. The molecule has 94 valence electrons. The lowest BCUT2D eigenvalue weighted by molar-refractivity contribution is 0.171. The number of urea groups is 1. The highest BCUT2D eigenvalue weighted by atomic mass is 35.5. The van der Waals surface area contributed by atoms with Crippen LogP contribution in [-0.4, -0.2) is 23.3 Å². The van der Waals surface area contributed by atoms with Crippen LogP contribution in [0.2, 0.25) is 5.02 Å². The molecule has 0 bridgehead atoms. The maximum atomic E-state index is 11.6. The van der Waals surface area contributed by atoms with Gasteiger partial charge in [-0.3, -0.25) is 0 Å². The molecular formula is C12H17ClN2O2. The molecule has 0 aliphatic carbocycles. The number of aliphatic hydroxyl groups excluding tert-OH is 1. The van der Waals surface area contributed by atoms with E-state index in [1.807, 2.05) is 6.92 Å². The van der Waals surface area contributed by atoms with Gasteiger partial charge in [0.2, 0.25) is 0 Å². The van der Waals surface area contributed by atoms with Crippen LogP contribution in [0.4, 0.5) is 10.5 Å². The van der Waals surface area contributed by atoms with E-state index in [1.54, 1.807) is 31.2 Å². The molecule has 0 spiro atoms. The number of benzene rings is 1. The quantitative estimate of drug-likeness (QED) is 0.776. The summed E-state index contributed by atoms with van der Waals surface area (Å²) in [5, 5.41) is 15.0. The van der Waals surface area contributed by atoms with Gasteiger partial charge in [0.1, 0.15) is 0 Å². The highest BCUT2D eigenvalue weighted by molar-refractivity contribution is 6.33. The molecule has 3 N–H and O–H groups in total. The van der Waals surface area contributed by atoms with Gasteiger partial charge in [0.25, 0.3) is 0 Å². The van der Waals surface area contributed by atoms with E-state index < -0.39 is 6.10 Å². The second-order valence-electron chi connectivity index (χ2n) is 4.06. The van der Waals surface area contributed by atoms with E-state index in [0.717, 1.165) is 0 Å². The number of hydrogen-bond donors (Lipinski definition) is 3. The largest absolute Gasteiger partial charge is 0.393 e.